The average molecular weight is 353 g/mol. The number of carbonyl (C=O) groups excluding carboxylic acids is 1. The molecular formula is C22H27NO3. The molecule has 4 bridgehead atoms. The third-order valence-corrected chi connectivity index (χ3v) is 8.24. The number of carbonyl (C=O) groups is 2. The van der Waals surface area contributed by atoms with Crippen molar-refractivity contribution < 1.29 is 14.7 Å². The molecule has 0 aromatic heterocycles. The van der Waals surface area contributed by atoms with Crippen LogP contribution in [0.15, 0.2) is 30.3 Å². The molecule has 0 spiro atoms. The van der Waals surface area contributed by atoms with Gasteiger partial charge in [0.05, 0.1) is 10.8 Å². The number of nitrogens with one attached hydrogen (secondary N) is 1. The number of carboxylic acid groups (broad SMARTS) is 1. The molecule has 26 heavy (non-hydrogen) atoms. The Balaban J connectivity index is 1.39. The van der Waals surface area contributed by atoms with Crippen LogP contribution in [0.25, 0.3) is 0 Å². The van der Waals surface area contributed by atoms with Crippen LogP contribution in [-0.2, 0) is 15.0 Å². The molecule has 0 radical (unpaired) electrons. The van der Waals surface area contributed by atoms with E-state index < -0.39 is 11.4 Å². The van der Waals surface area contributed by atoms with E-state index in [2.05, 4.69) is 24.4 Å². The summed E-state index contributed by atoms with van der Waals surface area (Å²) >= 11 is 0. The van der Waals surface area contributed by atoms with E-state index in [1.807, 2.05) is 18.2 Å². The minimum atomic E-state index is -0.614. The van der Waals surface area contributed by atoms with Crippen molar-refractivity contribution in [1.82, 2.24) is 5.32 Å². The molecular weight excluding hydrogens is 326 g/mol. The summed E-state index contributed by atoms with van der Waals surface area (Å²) < 4.78 is 0. The molecule has 5 saturated carbocycles. The first kappa shape index (κ1) is 16.3. The molecule has 0 heterocycles. The molecule has 1 aromatic rings. The lowest BCUT2D eigenvalue weighted by molar-refractivity contribution is -0.180. The second kappa shape index (κ2) is 5.34. The normalized spacial score (nSPS) is 41.7. The minimum Gasteiger partial charge on any atom is -0.481 e. The maximum absolute atomic E-state index is 13.2. The van der Waals surface area contributed by atoms with Gasteiger partial charge in [0, 0.05) is 6.04 Å². The van der Waals surface area contributed by atoms with Crippen molar-refractivity contribution in [3.8, 4) is 0 Å². The van der Waals surface area contributed by atoms with E-state index in [1.54, 1.807) is 0 Å². The fraction of sp³-hybridized carbons (Fsp3) is 0.636. The van der Waals surface area contributed by atoms with Crippen LogP contribution in [0.3, 0.4) is 0 Å². The smallest absolute Gasteiger partial charge is 0.309 e. The van der Waals surface area contributed by atoms with Gasteiger partial charge in [-0.1, -0.05) is 37.3 Å². The molecule has 4 nitrogen and oxygen atoms in total. The van der Waals surface area contributed by atoms with Crippen molar-refractivity contribution in [1.29, 1.82) is 0 Å². The number of carboxylic acids is 1. The fourth-order valence-electron chi connectivity index (χ4n) is 6.70. The molecule has 6 rings (SSSR count). The Hall–Kier alpha value is -1.84. The lowest BCUT2D eigenvalue weighted by Crippen LogP contribution is -2.65. The predicted octanol–water partition coefficient (Wildman–Crippen LogP) is 3.36. The Morgan fingerprint density at radius 1 is 1.12 bits per heavy atom. The van der Waals surface area contributed by atoms with Gasteiger partial charge in [-0.25, -0.2) is 0 Å². The quantitative estimate of drug-likeness (QED) is 0.872. The second-order valence-electron chi connectivity index (χ2n) is 9.37. The number of benzene rings is 1. The summed E-state index contributed by atoms with van der Waals surface area (Å²) in [6.07, 6.45) is 5.58. The Morgan fingerprint density at radius 3 is 2.50 bits per heavy atom. The van der Waals surface area contributed by atoms with Crippen LogP contribution >= 0.6 is 0 Å². The third kappa shape index (κ3) is 2.07. The van der Waals surface area contributed by atoms with Crippen molar-refractivity contribution in [2.75, 3.05) is 0 Å². The number of hydrogen-bond acceptors (Lipinski definition) is 2. The highest BCUT2D eigenvalue weighted by Gasteiger charge is 2.63. The molecule has 138 valence electrons. The summed E-state index contributed by atoms with van der Waals surface area (Å²) in [4.78, 5) is 25.3. The molecule has 2 N–H and O–H groups in total. The van der Waals surface area contributed by atoms with Gasteiger partial charge < -0.3 is 10.4 Å². The molecule has 1 aromatic carbocycles. The Labute approximate surface area is 154 Å². The van der Waals surface area contributed by atoms with Crippen LogP contribution in [-0.4, -0.2) is 23.0 Å². The number of amides is 1. The summed E-state index contributed by atoms with van der Waals surface area (Å²) in [5, 5.41) is 13.3. The van der Waals surface area contributed by atoms with E-state index in [0.29, 0.717) is 17.8 Å². The third-order valence-electron chi connectivity index (χ3n) is 8.24. The minimum absolute atomic E-state index is 0.143. The van der Waals surface area contributed by atoms with E-state index in [4.69, 9.17) is 0 Å². The van der Waals surface area contributed by atoms with Gasteiger partial charge in [0.2, 0.25) is 5.91 Å². The lowest BCUT2D eigenvalue weighted by Gasteiger charge is -2.61. The molecule has 5 aliphatic carbocycles. The second-order valence-corrected chi connectivity index (χ2v) is 9.37. The Bertz CT molecular complexity index is 756. The van der Waals surface area contributed by atoms with Crippen LogP contribution in [0.1, 0.15) is 51.0 Å². The van der Waals surface area contributed by atoms with Gasteiger partial charge in [-0.05, 0) is 67.8 Å². The van der Waals surface area contributed by atoms with Crippen LogP contribution in [0, 0.1) is 29.1 Å². The number of rotatable bonds is 4. The Morgan fingerprint density at radius 2 is 1.85 bits per heavy atom. The van der Waals surface area contributed by atoms with Gasteiger partial charge in [0.25, 0.3) is 0 Å². The maximum atomic E-state index is 13.2. The summed E-state index contributed by atoms with van der Waals surface area (Å²) in [5.41, 5.74) is 0.231. The Kier molecular flexibility index (Phi) is 3.35. The fourth-order valence-corrected chi connectivity index (χ4v) is 6.70. The first-order chi connectivity index (χ1) is 12.5. The van der Waals surface area contributed by atoms with Crippen LogP contribution in [0.4, 0.5) is 0 Å². The van der Waals surface area contributed by atoms with Gasteiger partial charge in [-0.15, -0.1) is 0 Å². The highest BCUT2D eigenvalue weighted by Crippen LogP contribution is 2.63. The average Bonchev–Trinajstić information content (AvgIpc) is 3.44. The summed E-state index contributed by atoms with van der Waals surface area (Å²) in [6, 6.07) is 10.3. The highest BCUT2D eigenvalue weighted by atomic mass is 16.4. The predicted molar refractivity (Wildman–Crippen MR) is 97.5 cm³/mol. The zero-order valence-corrected chi connectivity index (χ0v) is 15.3. The lowest BCUT2D eigenvalue weighted by atomic mass is 9.44. The van der Waals surface area contributed by atoms with E-state index >= 15 is 0 Å². The summed E-state index contributed by atoms with van der Waals surface area (Å²) in [5.74, 6) is 0.867. The van der Waals surface area contributed by atoms with E-state index in [-0.39, 0.29) is 23.3 Å². The van der Waals surface area contributed by atoms with Gasteiger partial charge >= 0.3 is 5.97 Å². The SMILES string of the molecule is CC1C2CC3CC(CC1(C(=O)O)C3)C2NC(=O)C1(c2ccccc2)CC1. The van der Waals surface area contributed by atoms with Gasteiger partial charge in [0.15, 0.2) is 0 Å². The zero-order chi connectivity index (χ0) is 18.1. The molecule has 0 saturated heterocycles. The van der Waals surface area contributed by atoms with Gasteiger partial charge in [-0.3, -0.25) is 9.59 Å². The van der Waals surface area contributed by atoms with Crippen molar-refractivity contribution in [3.63, 3.8) is 0 Å². The van der Waals surface area contributed by atoms with Crippen LogP contribution in [0.5, 0.6) is 0 Å². The molecule has 6 atom stereocenters. The molecule has 4 heteroatoms. The first-order valence-electron chi connectivity index (χ1n) is 10.1. The molecule has 6 unspecified atom stereocenters. The highest BCUT2D eigenvalue weighted by molar-refractivity contribution is 5.91. The number of hydrogen-bond donors (Lipinski definition) is 2. The van der Waals surface area contributed by atoms with E-state index in [9.17, 15) is 14.7 Å². The standard InChI is InChI=1S/C22H27NO3/c1-13-17-10-14-9-15(12-22(13,11-14)20(25)26)18(17)23-19(24)21(7-8-21)16-5-3-2-4-6-16/h2-6,13-15,17-18H,7-12H2,1H3,(H,23,24)(H,25,26). The van der Waals surface area contributed by atoms with Crippen LogP contribution in [0.2, 0.25) is 0 Å². The van der Waals surface area contributed by atoms with Gasteiger partial charge in [0.1, 0.15) is 0 Å². The van der Waals surface area contributed by atoms with Crippen LogP contribution < -0.4 is 5.32 Å². The van der Waals surface area contributed by atoms with Crippen molar-refractivity contribution in [2.24, 2.45) is 29.1 Å². The molecule has 1 amide bonds. The first-order valence-corrected chi connectivity index (χ1v) is 10.1. The molecule has 5 aliphatic rings. The maximum Gasteiger partial charge on any atom is 0.309 e. The number of aliphatic carboxylic acids is 1. The monoisotopic (exact) mass is 353 g/mol. The molecule has 5 fully saturated rings. The van der Waals surface area contributed by atoms with Gasteiger partial charge in [-0.2, -0.15) is 0 Å². The van der Waals surface area contributed by atoms with Crippen molar-refractivity contribution >= 4 is 11.9 Å². The van der Waals surface area contributed by atoms with E-state index in [1.165, 1.54) is 0 Å². The van der Waals surface area contributed by atoms with E-state index in [0.717, 1.165) is 44.1 Å². The topological polar surface area (TPSA) is 66.4 Å². The summed E-state index contributed by atoms with van der Waals surface area (Å²) in [6.45, 7) is 2.11. The van der Waals surface area contributed by atoms with Crippen molar-refractivity contribution in [2.45, 2.75) is 56.9 Å². The van der Waals surface area contributed by atoms with Crippen molar-refractivity contribution in [3.05, 3.63) is 35.9 Å². The largest absolute Gasteiger partial charge is 0.481 e. The summed E-state index contributed by atoms with van der Waals surface area (Å²) in [7, 11) is 0. The molecule has 0 aliphatic heterocycles. The zero-order valence-electron chi connectivity index (χ0n) is 15.3.